The normalized spacial score (nSPS) is 12.5. The van der Waals surface area contributed by atoms with E-state index in [-0.39, 0.29) is 11.1 Å². The summed E-state index contributed by atoms with van der Waals surface area (Å²) >= 11 is 7.67. The van der Waals surface area contributed by atoms with Crippen LogP contribution in [0.1, 0.15) is 29.3 Å². The van der Waals surface area contributed by atoms with Gasteiger partial charge in [0.05, 0.1) is 0 Å². The molecule has 0 fully saturated rings. The molecule has 0 radical (unpaired) electrons. The Bertz CT molecular complexity index is 1020. The van der Waals surface area contributed by atoms with Crippen LogP contribution in [0, 0.1) is 0 Å². The second kappa shape index (κ2) is 15.1. The molecule has 0 spiro atoms. The summed E-state index contributed by atoms with van der Waals surface area (Å²) in [6.45, 7) is 2.25. The Morgan fingerprint density at radius 1 is 0.545 bits per heavy atom. The fourth-order valence-electron chi connectivity index (χ4n) is 3.21. The van der Waals surface area contributed by atoms with E-state index in [1.165, 1.54) is 39.6 Å². The van der Waals surface area contributed by atoms with E-state index >= 15 is 0 Å². The highest BCUT2D eigenvalue weighted by molar-refractivity contribution is 14.2. The smallest absolute Gasteiger partial charge is 0.0359 e. The van der Waals surface area contributed by atoms with Crippen molar-refractivity contribution in [1.82, 2.24) is 0 Å². The van der Waals surface area contributed by atoms with Crippen molar-refractivity contribution in [3.05, 3.63) is 121 Å². The molecule has 170 valence electrons. The second-order valence-corrected chi connectivity index (χ2v) is 17.9. The molecule has 0 aromatic heterocycles. The van der Waals surface area contributed by atoms with Crippen LogP contribution >= 0.6 is 77.8 Å². The molecule has 4 aromatic rings. The van der Waals surface area contributed by atoms with Crippen molar-refractivity contribution < 1.29 is 0 Å². The Morgan fingerprint density at radius 3 is 1.21 bits per heavy atom. The third-order valence-electron chi connectivity index (χ3n) is 4.97. The maximum Gasteiger partial charge on any atom is 0.0359 e. The minimum Gasteiger partial charge on any atom is -0.0774 e. The molecule has 0 aliphatic rings. The first-order valence-corrected chi connectivity index (χ1v) is 20.4. The summed E-state index contributed by atoms with van der Waals surface area (Å²) < 4.78 is 0.647. The molecule has 4 rings (SSSR count). The quantitative estimate of drug-likeness (QED) is 0.0994. The lowest BCUT2D eigenvalue weighted by atomic mass is 10.1. The molecule has 0 nitrogen and oxygen atoms in total. The molecule has 4 aromatic carbocycles. The molecule has 2 atom stereocenters. The van der Waals surface area contributed by atoms with Gasteiger partial charge in [0, 0.05) is 15.1 Å². The van der Waals surface area contributed by atoms with E-state index in [0.717, 1.165) is 0 Å². The standard InChI is InChI=1S/C16H17I2P.C12H10IP/c1-2-6-16(17)13-9-11-15(12-10-13)19(18)14-7-4-3-5-8-14;13-14(11-7-3-1-4-8-11)12-9-5-2-6-10-12/h3-5,7-12,16H,2,6H2,1H3;1-10H. The van der Waals surface area contributed by atoms with E-state index in [4.69, 9.17) is 0 Å². The number of halogens is 3. The van der Waals surface area contributed by atoms with Crippen molar-refractivity contribution in [3.63, 3.8) is 0 Å². The number of rotatable bonds is 7. The molecular formula is C28H27I3P2. The van der Waals surface area contributed by atoms with E-state index in [1.807, 2.05) is 0 Å². The van der Waals surface area contributed by atoms with E-state index in [0.29, 0.717) is 3.92 Å². The first-order valence-electron chi connectivity index (χ1n) is 10.9. The van der Waals surface area contributed by atoms with Gasteiger partial charge in [-0.1, -0.05) is 151 Å². The monoisotopic (exact) mass is 806 g/mol. The van der Waals surface area contributed by atoms with Crippen LogP contribution in [0.25, 0.3) is 0 Å². The Balaban J connectivity index is 0.000000194. The van der Waals surface area contributed by atoms with Gasteiger partial charge in [-0.25, -0.2) is 0 Å². The Morgan fingerprint density at radius 2 is 0.879 bits per heavy atom. The molecular weight excluding hydrogens is 779 g/mol. The Kier molecular flexibility index (Phi) is 12.6. The lowest BCUT2D eigenvalue weighted by Gasteiger charge is -2.13. The predicted molar refractivity (Wildman–Crippen MR) is 178 cm³/mol. The van der Waals surface area contributed by atoms with Gasteiger partial charge < -0.3 is 0 Å². The molecule has 0 saturated heterocycles. The maximum atomic E-state index is 2.58. The van der Waals surface area contributed by atoms with Gasteiger partial charge in [-0.3, -0.25) is 0 Å². The molecule has 0 aliphatic heterocycles. The predicted octanol–water partition coefficient (Wildman–Crippen LogP) is 9.21. The molecule has 0 saturated carbocycles. The van der Waals surface area contributed by atoms with Gasteiger partial charge in [-0.15, -0.1) is 0 Å². The van der Waals surface area contributed by atoms with E-state index in [9.17, 15) is 0 Å². The molecule has 0 heterocycles. The summed E-state index contributed by atoms with van der Waals surface area (Å²) in [5.74, 6) is 0. The summed E-state index contributed by atoms with van der Waals surface area (Å²) in [4.78, 5) is 0. The molecule has 0 amide bonds. The van der Waals surface area contributed by atoms with E-state index in [2.05, 4.69) is 189 Å². The Hall–Kier alpha value is -0.0700. The van der Waals surface area contributed by atoms with Crippen LogP contribution in [0.4, 0.5) is 0 Å². The highest BCUT2D eigenvalue weighted by atomic mass is 127. The molecule has 0 bridgehead atoms. The van der Waals surface area contributed by atoms with Crippen LogP contribution in [0.2, 0.25) is 0 Å². The van der Waals surface area contributed by atoms with Gasteiger partial charge >= 0.3 is 0 Å². The summed E-state index contributed by atoms with van der Waals surface area (Å²) in [5.41, 5.74) is 1.01. The number of benzene rings is 4. The average molecular weight is 806 g/mol. The summed E-state index contributed by atoms with van der Waals surface area (Å²) in [7, 11) is 0. The second-order valence-electron chi connectivity index (χ2n) is 7.42. The third kappa shape index (κ3) is 8.83. The zero-order valence-corrected chi connectivity index (χ0v) is 26.8. The maximum absolute atomic E-state index is 2.58. The fraction of sp³-hybridized carbons (Fsp3) is 0.143. The van der Waals surface area contributed by atoms with Crippen molar-refractivity contribution in [2.45, 2.75) is 23.7 Å². The largest absolute Gasteiger partial charge is 0.0774 e. The van der Waals surface area contributed by atoms with Gasteiger partial charge in [-0.2, -0.15) is 0 Å². The van der Waals surface area contributed by atoms with Gasteiger partial charge in [0.15, 0.2) is 0 Å². The summed E-state index contributed by atoms with van der Waals surface area (Å²) in [5, 5.41) is 5.74. The van der Waals surface area contributed by atoms with E-state index < -0.39 is 0 Å². The highest BCUT2D eigenvalue weighted by Crippen LogP contribution is 2.43. The van der Waals surface area contributed by atoms with E-state index in [1.54, 1.807) is 0 Å². The average Bonchev–Trinajstić information content (AvgIpc) is 2.90. The lowest BCUT2D eigenvalue weighted by Crippen LogP contribution is -2.07. The van der Waals surface area contributed by atoms with Crippen LogP contribution in [0.3, 0.4) is 0 Å². The van der Waals surface area contributed by atoms with Gasteiger partial charge in [0.25, 0.3) is 0 Å². The van der Waals surface area contributed by atoms with Crippen molar-refractivity contribution in [2.24, 2.45) is 0 Å². The minimum absolute atomic E-state index is 0.201. The first kappa shape index (κ1) is 27.5. The van der Waals surface area contributed by atoms with Crippen LogP contribution in [0.5, 0.6) is 0 Å². The first-order chi connectivity index (χ1) is 16.1. The molecule has 0 N–H and O–H groups in total. The van der Waals surface area contributed by atoms with Crippen LogP contribution in [0.15, 0.2) is 115 Å². The third-order valence-corrected chi connectivity index (χ3v) is 16.0. The van der Waals surface area contributed by atoms with Crippen molar-refractivity contribution >= 4 is 99.0 Å². The molecule has 0 aliphatic carbocycles. The molecule has 33 heavy (non-hydrogen) atoms. The lowest BCUT2D eigenvalue weighted by molar-refractivity contribution is 0.799. The SMILES string of the molecule is CCCC(I)c1ccc(P(I)c2ccccc2)cc1.IP(c1ccccc1)c1ccccc1. The van der Waals surface area contributed by atoms with Gasteiger partial charge in [0.2, 0.25) is 0 Å². The fourth-order valence-corrected chi connectivity index (χ4v) is 10.4. The highest BCUT2D eigenvalue weighted by Gasteiger charge is 2.11. The van der Waals surface area contributed by atoms with Crippen molar-refractivity contribution in [3.8, 4) is 0 Å². The van der Waals surface area contributed by atoms with Crippen molar-refractivity contribution in [2.75, 3.05) is 0 Å². The minimum atomic E-state index is -0.243. The van der Waals surface area contributed by atoms with Crippen LogP contribution in [-0.4, -0.2) is 0 Å². The van der Waals surface area contributed by atoms with Gasteiger partial charge in [-0.05, 0) is 77.3 Å². The van der Waals surface area contributed by atoms with Crippen molar-refractivity contribution in [1.29, 1.82) is 0 Å². The molecule has 5 heteroatoms. The number of alkyl halides is 1. The zero-order valence-electron chi connectivity index (χ0n) is 18.5. The molecule has 2 unspecified atom stereocenters. The zero-order chi connectivity index (χ0) is 23.5. The van der Waals surface area contributed by atoms with Gasteiger partial charge in [0.1, 0.15) is 0 Å². The summed E-state index contributed by atoms with van der Waals surface area (Å²) in [6.07, 6.45) is 2.51. The number of hydrogen-bond donors (Lipinski definition) is 0. The topological polar surface area (TPSA) is 0 Å². The van der Waals surface area contributed by atoms with Crippen LogP contribution in [-0.2, 0) is 0 Å². The van der Waals surface area contributed by atoms with Crippen LogP contribution < -0.4 is 21.2 Å². The number of hydrogen-bond acceptors (Lipinski definition) is 0. The Labute approximate surface area is 241 Å². The summed E-state index contributed by atoms with van der Waals surface area (Å²) in [6, 6.07) is 41.3.